The Kier molecular flexibility index (Phi) is 4.12. The molecule has 5 nitrogen and oxygen atoms in total. The van der Waals surface area contributed by atoms with Gasteiger partial charge in [-0.2, -0.15) is 0 Å². The second-order valence-corrected chi connectivity index (χ2v) is 5.48. The number of fused-ring (bicyclic) bond motifs is 1. The molecule has 0 aliphatic rings. The summed E-state index contributed by atoms with van der Waals surface area (Å²) >= 11 is 5.95. The van der Waals surface area contributed by atoms with E-state index in [2.05, 4.69) is 4.98 Å². The normalized spacial score (nSPS) is 10.7. The van der Waals surface area contributed by atoms with Crippen molar-refractivity contribution in [3.8, 4) is 0 Å². The van der Waals surface area contributed by atoms with Crippen molar-refractivity contribution in [1.82, 2.24) is 9.38 Å². The number of esters is 1. The van der Waals surface area contributed by atoms with E-state index in [1.165, 1.54) is 10.5 Å². The highest BCUT2D eigenvalue weighted by Gasteiger charge is 2.12. The molecule has 116 valence electrons. The lowest BCUT2D eigenvalue weighted by Crippen LogP contribution is -2.17. The number of aromatic nitrogens is 2. The molecule has 2 aromatic heterocycles. The molecule has 0 bridgehead atoms. The number of aryl methyl sites for hydroxylation is 1. The molecule has 6 heteroatoms. The van der Waals surface area contributed by atoms with Crippen LogP contribution in [0.25, 0.3) is 5.65 Å². The average molecular weight is 329 g/mol. The molecule has 0 N–H and O–H groups in total. The summed E-state index contributed by atoms with van der Waals surface area (Å²) in [5, 5.41) is 0.319. The van der Waals surface area contributed by atoms with E-state index in [4.69, 9.17) is 16.3 Å². The van der Waals surface area contributed by atoms with Crippen LogP contribution < -0.4 is 5.56 Å². The van der Waals surface area contributed by atoms with Crippen LogP contribution >= 0.6 is 11.6 Å². The number of carbonyl (C=O) groups excluding carboxylic acids is 1. The molecule has 0 saturated carbocycles. The first-order valence-corrected chi connectivity index (χ1v) is 7.33. The van der Waals surface area contributed by atoms with Gasteiger partial charge in [0.25, 0.3) is 5.56 Å². The lowest BCUT2D eigenvalue weighted by Gasteiger charge is -2.07. The number of carbonyl (C=O) groups is 1. The number of pyridine rings is 1. The van der Waals surface area contributed by atoms with Gasteiger partial charge in [0, 0.05) is 12.3 Å². The molecule has 0 atom stereocenters. The van der Waals surface area contributed by atoms with Crippen LogP contribution in [0.1, 0.15) is 21.6 Å². The third-order valence-corrected chi connectivity index (χ3v) is 3.64. The molecule has 3 aromatic rings. The predicted molar refractivity (Wildman–Crippen MR) is 86.8 cm³/mol. The molecule has 0 aliphatic carbocycles. The van der Waals surface area contributed by atoms with Crippen molar-refractivity contribution in [3.63, 3.8) is 0 Å². The molecule has 23 heavy (non-hydrogen) atoms. The number of benzene rings is 1. The van der Waals surface area contributed by atoms with E-state index in [0.29, 0.717) is 16.4 Å². The first-order chi connectivity index (χ1) is 11.0. The van der Waals surface area contributed by atoms with Crippen LogP contribution in [0, 0.1) is 6.92 Å². The molecule has 0 spiro atoms. The van der Waals surface area contributed by atoms with E-state index in [1.807, 2.05) is 13.0 Å². The van der Waals surface area contributed by atoms with Crippen LogP contribution in [0.15, 0.2) is 53.5 Å². The summed E-state index contributed by atoms with van der Waals surface area (Å²) in [5.74, 6) is -0.554. The van der Waals surface area contributed by atoms with Gasteiger partial charge in [0.15, 0.2) is 0 Å². The SMILES string of the molecule is Cc1ccc2nc(COC(=O)c3ccccc3Cl)cc(=O)n2c1. The summed E-state index contributed by atoms with van der Waals surface area (Å²) in [6.07, 6.45) is 1.71. The Labute approximate surface area is 137 Å². The van der Waals surface area contributed by atoms with E-state index in [0.717, 1.165) is 5.56 Å². The largest absolute Gasteiger partial charge is 0.456 e. The second kappa shape index (κ2) is 6.22. The zero-order valence-corrected chi connectivity index (χ0v) is 13.1. The zero-order chi connectivity index (χ0) is 16.4. The van der Waals surface area contributed by atoms with Crippen molar-refractivity contribution >= 4 is 23.2 Å². The number of rotatable bonds is 3. The van der Waals surface area contributed by atoms with Gasteiger partial charge in [0.05, 0.1) is 16.3 Å². The number of hydrogen-bond donors (Lipinski definition) is 0. The van der Waals surface area contributed by atoms with Crippen LogP contribution in [0.5, 0.6) is 0 Å². The fourth-order valence-electron chi connectivity index (χ4n) is 2.18. The van der Waals surface area contributed by atoms with Crippen molar-refractivity contribution in [2.75, 3.05) is 0 Å². The summed E-state index contributed by atoms with van der Waals surface area (Å²) in [4.78, 5) is 28.4. The average Bonchev–Trinajstić information content (AvgIpc) is 2.54. The fourth-order valence-corrected chi connectivity index (χ4v) is 2.39. The van der Waals surface area contributed by atoms with Crippen molar-refractivity contribution < 1.29 is 9.53 Å². The first-order valence-electron chi connectivity index (χ1n) is 6.95. The Balaban J connectivity index is 1.82. The summed E-state index contributed by atoms with van der Waals surface area (Å²) in [5.41, 5.74) is 1.91. The van der Waals surface area contributed by atoms with Gasteiger partial charge in [0.2, 0.25) is 0 Å². The van der Waals surface area contributed by atoms with Crippen LogP contribution in [-0.2, 0) is 11.3 Å². The van der Waals surface area contributed by atoms with Gasteiger partial charge in [-0.05, 0) is 30.7 Å². The van der Waals surface area contributed by atoms with E-state index >= 15 is 0 Å². The van der Waals surface area contributed by atoms with Crippen LogP contribution in [0.4, 0.5) is 0 Å². The van der Waals surface area contributed by atoms with Crippen LogP contribution in [0.2, 0.25) is 5.02 Å². The van der Waals surface area contributed by atoms with Gasteiger partial charge in [0.1, 0.15) is 12.3 Å². The quantitative estimate of drug-likeness (QED) is 0.693. The van der Waals surface area contributed by atoms with Crippen LogP contribution in [0.3, 0.4) is 0 Å². The van der Waals surface area contributed by atoms with Crippen LogP contribution in [-0.4, -0.2) is 15.4 Å². The standard InChI is InChI=1S/C17H13ClN2O3/c1-11-6-7-15-19-12(8-16(21)20(15)9-11)10-23-17(22)13-4-2-3-5-14(13)18/h2-9H,10H2,1H3. The smallest absolute Gasteiger partial charge is 0.340 e. The highest BCUT2D eigenvalue weighted by molar-refractivity contribution is 6.33. The molecule has 0 unspecified atom stereocenters. The lowest BCUT2D eigenvalue weighted by molar-refractivity contribution is 0.0468. The fraction of sp³-hybridized carbons (Fsp3) is 0.118. The highest BCUT2D eigenvalue weighted by atomic mass is 35.5. The number of nitrogens with zero attached hydrogens (tertiary/aromatic N) is 2. The Morgan fingerprint density at radius 2 is 2.04 bits per heavy atom. The zero-order valence-electron chi connectivity index (χ0n) is 12.3. The molecule has 0 saturated heterocycles. The van der Waals surface area contributed by atoms with Crippen molar-refractivity contribution in [2.24, 2.45) is 0 Å². The van der Waals surface area contributed by atoms with Gasteiger partial charge >= 0.3 is 5.97 Å². The molecular formula is C17H13ClN2O3. The third kappa shape index (κ3) is 3.24. The van der Waals surface area contributed by atoms with E-state index in [-0.39, 0.29) is 17.7 Å². The predicted octanol–water partition coefficient (Wildman–Crippen LogP) is 3.01. The molecule has 0 radical (unpaired) electrons. The summed E-state index contributed by atoms with van der Waals surface area (Å²) < 4.78 is 6.64. The number of halogens is 1. The Morgan fingerprint density at radius 1 is 1.26 bits per heavy atom. The minimum atomic E-state index is -0.554. The van der Waals surface area contributed by atoms with E-state index in [9.17, 15) is 9.59 Å². The van der Waals surface area contributed by atoms with E-state index in [1.54, 1.807) is 36.5 Å². The maximum absolute atomic E-state index is 12.1. The molecule has 2 heterocycles. The van der Waals surface area contributed by atoms with Gasteiger partial charge in [-0.3, -0.25) is 9.20 Å². The van der Waals surface area contributed by atoms with Gasteiger partial charge in [-0.1, -0.05) is 29.8 Å². The molecule has 0 fully saturated rings. The third-order valence-electron chi connectivity index (χ3n) is 3.31. The number of ether oxygens (including phenoxy) is 1. The first kappa shape index (κ1) is 15.2. The molecular weight excluding hydrogens is 316 g/mol. The molecule has 0 amide bonds. The van der Waals surface area contributed by atoms with Crippen molar-refractivity contribution in [1.29, 1.82) is 0 Å². The lowest BCUT2D eigenvalue weighted by atomic mass is 10.2. The molecule has 1 aromatic carbocycles. The second-order valence-electron chi connectivity index (χ2n) is 5.08. The Morgan fingerprint density at radius 3 is 2.83 bits per heavy atom. The van der Waals surface area contributed by atoms with Gasteiger partial charge in [-0.25, -0.2) is 9.78 Å². The summed E-state index contributed by atoms with van der Waals surface area (Å²) in [6.45, 7) is 1.80. The Bertz CT molecular complexity index is 950. The highest BCUT2D eigenvalue weighted by Crippen LogP contribution is 2.16. The van der Waals surface area contributed by atoms with Gasteiger partial charge in [-0.15, -0.1) is 0 Å². The van der Waals surface area contributed by atoms with Crippen molar-refractivity contribution in [3.05, 3.63) is 80.9 Å². The van der Waals surface area contributed by atoms with Gasteiger partial charge < -0.3 is 4.74 Å². The minimum absolute atomic E-state index is 0.0936. The topological polar surface area (TPSA) is 60.7 Å². The van der Waals surface area contributed by atoms with Crippen molar-refractivity contribution in [2.45, 2.75) is 13.5 Å². The Hall–Kier alpha value is -2.66. The van der Waals surface area contributed by atoms with E-state index < -0.39 is 5.97 Å². The monoisotopic (exact) mass is 328 g/mol. The maximum Gasteiger partial charge on any atom is 0.340 e. The maximum atomic E-state index is 12.1. The summed E-state index contributed by atoms with van der Waals surface area (Å²) in [7, 11) is 0. The number of hydrogen-bond acceptors (Lipinski definition) is 4. The molecule has 0 aliphatic heterocycles. The summed E-state index contributed by atoms with van der Waals surface area (Å²) in [6, 6.07) is 11.6. The molecule has 3 rings (SSSR count). The minimum Gasteiger partial charge on any atom is -0.456 e.